The Hall–Kier alpha value is -3.85. The average Bonchev–Trinajstić information content (AvgIpc) is 2.83. The number of hydrogen-bond acceptors (Lipinski definition) is 8. The SMILES string of the molecule is COC(=O)C1=C(C)N=C(C)C(C(=O)OCCN(C)Cc2ccccc2)C1c1cccc([N+](=O)[O-])c1. The summed E-state index contributed by atoms with van der Waals surface area (Å²) < 4.78 is 10.6. The van der Waals surface area contributed by atoms with Crippen molar-refractivity contribution in [2.45, 2.75) is 26.3 Å². The average molecular weight is 480 g/mol. The van der Waals surface area contributed by atoms with Crippen LogP contribution in [0.4, 0.5) is 5.69 Å². The minimum absolute atomic E-state index is 0.140. The highest BCUT2D eigenvalue weighted by Crippen LogP contribution is 2.40. The van der Waals surface area contributed by atoms with Gasteiger partial charge in [-0.3, -0.25) is 24.8 Å². The molecule has 2 unspecified atom stereocenters. The molecule has 35 heavy (non-hydrogen) atoms. The van der Waals surface area contributed by atoms with E-state index in [1.807, 2.05) is 42.3 Å². The number of allylic oxidation sites excluding steroid dienone is 1. The first-order valence-electron chi connectivity index (χ1n) is 11.2. The zero-order valence-corrected chi connectivity index (χ0v) is 20.3. The Balaban J connectivity index is 1.83. The van der Waals surface area contributed by atoms with Crippen molar-refractivity contribution in [2.75, 3.05) is 27.3 Å². The maximum Gasteiger partial charge on any atom is 0.336 e. The van der Waals surface area contributed by atoms with Crippen molar-refractivity contribution in [3.63, 3.8) is 0 Å². The number of rotatable bonds is 9. The van der Waals surface area contributed by atoms with E-state index in [0.717, 1.165) is 5.56 Å². The van der Waals surface area contributed by atoms with Crippen molar-refractivity contribution in [3.8, 4) is 0 Å². The number of carbonyl (C=O) groups excluding carboxylic acids is 2. The summed E-state index contributed by atoms with van der Waals surface area (Å²) in [6, 6.07) is 15.8. The molecular weight excluding hydrogens is 450 g/mol. The molecule has 9 heteroatoms. The number of methoxy groups -OCH3 is 1. The summed E-state index contributed by atoms with van der Waals surface area (Å²) in [6.45, 7) is 4.69. The van der Waals surface area contributed by atoms with E-state index in [0.29, 0.717) is 30.1 Å². The molecule has 9 nitrogen and oxygen atoms in total. The van der Waals surface area contributed by atoms with E-state index >= 15 is 0 Å². The molecule has 0 bridgehead atoms. The summed E-state index contributed by atoms with van der Waals surface area (Å²) >= 11 is 0. The molecule has 184 valence electrons. The summed E-state index contributed by atoms with van der Waals surface area (Å²) in [5, 5.41) is 11.4. The second kappa shape index (κ2) is 11.5. The highest BCUT2D eigenvalue weighted by Gasteiger charge is 2.42. The zero-order chi connectivity index (χ0) is 25.5. The van der Waals surface area contributed by atoms with E-state index < -0.39 is 28.7 Å². The molecule has 0 N–H and O–H groups in total. The highest BCUT2D eigenvalue weighted by molar-refractivity contribution is 6.07. The van der Waals surface area contributed by atoms with Crippen molar-refractivity contribution < 1.29 is 24.0 Å². The molecule has 0 radical (unpaired) electrons. The van der Waals surface area contributed by atoms with Crippen LogP contribution in [-0.2, 0) is 25.6 Å². The molecule has 1 aliphatic heterocycles. The van der Waals surface area contributed by atoms with Crippen LogP contribution in [-0.4, -0.2) is 54.8 Å². The van der Waals surface area contributed by atoms with Gasteiger partial charge in [-0.1, -0.05) is 42.5 Å². The predicted molar refractivity (Wildman–Crippen MR) is 131 cm³/mol. The van der Waals surface area contributed by atoms with Crippen molar-refractivity contribution in [2.24, 2.45) is 10.9 Å². The normalized spacial score (nSPS) is 17.7. The van der Waals surface area contributed by atoms with Gasteiger partial charge in [0.1, 0.15) is 12.5 Å². The predicted octanol–water partition coefficient (Wildman–Crippen LogP) is 3.89. The third-order valence-electron chi connectivity index (χ3n) is 5.94. The van der Waals surface area contributed by atoms with E-state index in [1.165, 1.54) is 25.3 Å². The molecule has 0 aromatic heterocycles. The van der Waals surface area contributed by atoms with E-state index in [4.69, 9.17) is 9.47 Å². The highest BCUT2D eigenvalue weighted by atomic mass is 16.6. The first kappa shape index (κ1) is 25.8. The Labute approximate surface area is 204 Å². The Morgan fingerprint density at radius 2 is 1.83 bits per heavy atom. The number of esters is 2. The molecular formula is C26H29N3O6. The van der Waals surface area contributed by atoms with Crippen LogP contribution in [0.25, 0.3) is 0 Å². The number of nitrogens with zero attached hydrogens (tertiary/aromatic N) is 3. The quantitative estimate of drug-likeness (QED) is 0.305. The van der Waals surface area contributed by atoms with Gasteiger partial charge in [-0.05, 0) is 32.0 Å². The van der Waals surface area contributed by atoms with Crippen LogP contribution in [0.1, 0.15) is 30.9 Å². The lowest BCUT2D eigenvalue weighted by Gasteiger charge is -2.31. The second-order valence-electron chi connectivity index (χ2n) is 8.44. The largest absolute Gasteiger partial charge is 0.466 e. The van der Waals surface area contributed by atoms with Crippen LogP contribution in [0.5, 0.6) is 0 Å². The number of non-ortho nitro benzene ring substituents is 1. The molecule has 0 aliphatic carbocycles. The first-order chi connectivity index (χ1) is 16.7. The lowest BCUT2D eigenvalue weighted by Crippen LogP contribution is -2.37. The molecule has 0 saturated heterocycles. The maximum atomic E-state index is 13.3. The smallest absolute Gasteiger partial charge is 0.336 e. The summed E-state index contributed by atoms with van der Waals surface area (Å²) in [5.74, 6) is -2.94. The fraction of sp³-hybridized carbons (Fsp3) is 0.346. The number of aliphatic imine (C=N–C) groups is 1. The minimum atomic E-state index is -0.922. The molecule has 0 fully saturated rings. The Morgan fingerprint density at radius 1 is 1.11 bits per heavy atom. The van der Waals surface area contributed by atoms with Crippen molar-refractivity contribution in [3.05, 3.63) is 87.1 Å². The van der Waals surface area contributed by atoms with Crippen molar-refractivity contribution >= 4 is 23.3 Å². The van der Waals surface area contributed by atoms with E-state index in [-0.39, 0.29) is 17.9 Å². The standard InChI is InChI=1S/C26H29N3O6/c1-17-22(25(30)34-4)24(20-11-8-12-21(15-20)29(32)33)23(18(2)27-17)26(31)35-14-13-28(3)16-19-9-6-5-7-10-19/h5-12,15,23-24H,13-14,16H2,1-4H3. The van der Waals surface area contributed by atoms with Gasteiger partial charge in [0, 0.05) is 42.5 Å². The Morgan fingerprint density at radius 3 is 2.49 bits per heavy atom. The first-order valence-corrected chi connectivity index (χ1v) is 11.2. The molecule has 0 spiro atoms. The third-order valence-corrected chi connectivity index (χ3v) is 5.94. The minimum Gasteiger partial charge on any atom is -0.466 e. The summed E-state index contributed by atoms with van der Waals surface area (Å²) in [6.07, 6.45) is 0. The van der Waals surface area contributed by atoms with Gasteiger partial charge in [-0.2, -0.15) is 0 Å². The third kappa shape index (κ3) is 6.19. The number of nitro groups is 1. The van der Waals surface area contributed by atoms with Gasteiger partial charge in [-0.25, -0.2) is 4.79 Å². The number of likely N-dealkylation sites (N-methyl/N-ethyl adjacent to an activating group) is 1. The van der Waals surface area contributed by atoms with E-state index in [1.54, 1.807) is 19.9 Å². The van der Waals surface area contributed by atoms with Gasteiger partial charge in [-0.15, -0.1) is 0 Å². The molecule has 0 amide bonds. The van der Waals surface area contributed by atoms with E-state index in [9.17, 15) is 19.7 Å². The van der Waals surface area contributed by atoms with Gasteiger partial charge in [0.2, 0.25) is 0 Å². The van der Waals surface area contributed by atoms with Crippen LogP contribution in [0.3, 0.4) is 0 Å². The summed E-state index contributed by atoms with van der Waals surface area (Å²) in [7, 11) is 3.18. The molecule has 2 atom stereocenters. The van der Waals surface area contributed by atoms with Crippen LogP contribution < -0.4 is 0 Å². The molecule has 0 saturated carbocycles. The van der Waals surface area contributed by atoms with Crippen molar-refractivity contribution in [1.82, 2.24) is 4.90 Å². The summed E-state index contributed by atoms with van der Waals surface area (Å²) in [5.41, 5.74) is 2.50. The lowest BCUT2D eigenvalue weighted by atomic mass is 9.75. The zero-order valence-electron chi connectivity index (χ0n) is 20.3. The van der Waals surface area contributed by atoms with Crippen molar-refractivity contribution in [1.29, 1.82) is 0 Å². The number of nitro benzene ring substituents is 1. The Kier molecular flexibility index (Phi) is 8.48. The van der Waals surface area contributed by atoms with Gasteiger partial charge in [0.15, 0.2) is 0 Å². The number of ether oxygens (including phenoxy) is 2. The van der Waals surface area contributed by atoms with Gasteiger partial charge in [0.25, 0.3) is 5.69 Å². The van der Waals surface area contributed by atoms with Gasteiger partial charge < -0.3 is 9.47 Å². The lowest BCUT2D eigenvalue weighted by molar-refractivity contribution is -0.384. The number of hydrogen-bond donors (Lipinski definition) is 0. The maximum absolute atomic E-state index is 13.3. The van der Waals surface area contributed by atoms with Gasteiger partial charge in [0.05, 0.1) is 17.6 Å². The molecule has 2 aromatic rings. The van der Waals surface area contributed by atoms with Crippen LogP contribution in [0.2, 0.25) is 0 Å². The van der Waals surface area contributed by atoms with Crippen LogP contribution in [0.15, 0.2) is 70.9 Å². The second-order valence-corrected chi connectivity index (χ2v) is 8.44. The fourth-order valence-corrected chi connectivity index (χ4v) is 4.28. The number of carbonyl (C=O) groups is 2. The fourth-order valence-electron chi connectivity index (χ4n) is 4.28. The molecule has 2 aromatic carbocycles. The van der Waals surface area contributed by atoms with Gasteiger partial charge >= 0.3 is 11.9 Å². The van der Waals surface area contributed by atoms with Crippen LogP contribution in [0, 0.1) is 16.0 Å². The Bertz CT molecular complexity index is 1160. The topological polar surface area (TPSA) is 111 Å². The molecule has 1 aliphatic rings. The molecule has 1 heterocycles. The summed E-state index contributed by atoms with van der Waals surface area (Å²) in [4.78, 5) is 43.3. The molecule has 3 rings (SSSR count). The van der Waals surface area contributed by atoms with E-state index in [2.05, 4.69) is 4.99 Å². The monoisotopic (exact) mass is 479 g/mol. The van der Waals surface area contributed by atoms with Crippen LogP contribution >= 0.6 is 0 Å². The number of benzene rings is 2.